The van der Waals surface area contributed by atoms with Crippen molar-refractivity contribution < 1.29 is 17.9 Å². The quantitative estimate of drug-likeness (QED) is 0.590. The third-order valence-corrected chi connectivity index (χ3v) is 7.89. The number of hydrogen-bond donors (Lipinski definition) is 0. The second-order valence-corrected chi connectivity index (χ2v) is 9.49. The molecule has 0 bridgehead atoms. The second-order valence-electron chi connectivity index (χ2n) is 7.99. The smallest absolute Gasteiger partial charge is 0.406 e. The van der Waals surface area contributed by atoms with E-state index in [0.29, 0.717) is 0 Å². The Morgan fingerprint density at radius 3 is 2.59 bits per heavy atom. The third-order valence-electron chi connectivity index (χ3n) is 6.11. The van der Waals surface area contributed by atoms with Gasteiger partial charge >= 0.3 is 6.36 Å². The Labute approximate surface area is 172 Å². The Kier molecular flexibility index (Phi) is 4.57. The molecule has 1 spiro atoms. The van der Waals surface area contributed by atoms with Crippen molar-refractivity contribution in [1.29, 1.82) is 0 Å². The lowest BCUT2D eigenvalue weighted by molar-refractivity contribution is -0.274. The zero-order valence-corrected chi connectivity index (χ0v) is 16.7. The Morgan fingerprint density at radius 2 is 1.83 bits per heavy atom. The van der Waals surface area contributed by atoms with Gasteiger partial charge in [-0.25, -0.2) is 0 Å². The van der Waals surface area contributed by atoms with Gasteiger partial charge in [-0.15, -0.1) is 24.9 Å². The number of nitrogens with zero attached hydrogens (tertiary/aromatic N) is 1. The standard InChI is InChI=1S/C23H22F3NOS/c24-23(25,26)28-19-8-5-7-17(13-19)21-14-22(29-21)18(15-27-10-3-4-11-27)12-16-6-1-2-9-20(16)22/h1-2,5-9,13,15,21H,3-4,10-12,14H2/b18-15+. The van der Waals surface area contributed by atoms with E-state index in [1.165, 1.54) is 41.7 Å². The van der Waals surface area contributed by atoms with E-state index in [1.54, 1.807) is 6.07 Å². The van der Waals surface area contributed by atoms with E-state index in [1.807, 2.05) is 17.8 Å². The minimum absolute atomic E-state index is 0.0509. The first-order valence-electron chi connectivity index (χ1n) is 10.0. The van der Waals surface area contributed by atoms with Crippen molar-refractivity contribution in [3.8, 4) is 5.75 Å². The van der Waals surface area contributed by atoms with Crippen LogP contribution in [0, 0.1) is 0 Å². The van der Waals surface area contributed by atoms with Crippen LogP contribution < -0.4 is 4.74 Å². The number of halogens is 3. The maximum atomic E-state index is 12.6. The molecule has 0 amide bonds. The van der Waals surface area contributed by atoms with Gasteiger partial charge in [-0.1, -0.05) is 36.4 Å². The van der Waals surface area contributed by atoms with Crippen LogP contribution in [0.1, 0.15) is 41.2 Å². The fraction of sp³-hybridized carbons (Fsp3) is 0.391. The molecular formula is C23H22F3NOS. The number of hydrogen-bond acceptors (Lipinski definition) is 3. The van der Waals surface area contributed by atoms with E-state index in [-0.39, 0.29) is 15.7 Å². The van der Waals surface area contributed by atoms with Gasteiger partial charge in [-0.2, -0.15) is 0 Å². The normalized spacial score (nSPS) is 27.3. The van der Waals surface area contributed by atoms with Crippen LogP contribution in [0.2, 0.25) is 0 Å². The van der Waals surface area contributed by atoms with Gasteiger partial charge in [0.05, 0.1) is 4.75 Å². The maximum Gasteiger partial charge on any atom is 0.573 e. The van der Waals surface area contributed by atoms with Gasteiger partial charge in [-0.05, 0) is 60.1 Å². The zero-order chi connectivity index (χ0) is 20.1. The van der Waals surface area contributed by atoms with E-state index >= 15 is 0 Å². The van der Waals surface area contributed by atoms with Crippen LogP contribution >= 0.6 is 11.8 Å². The van der Waals surface area contributed by atoms with Crippen molar-refractivity contribution in [2.45, 2.75) is 42.0 Å². The predicted octanol–water partition coefficient (Wildman–Crippen LogP) is 6.19. The molecular weight excluding hydrogens is 395 g/mol. The molecule has 5 rings (SSSR count). The Morgan fingerprint density at radius 1 is 1.07 bits per heavy atom. The molecule has 2 nitrogen and oxygen atoms in total. The lowest BCUT2D eigenvalue weighted by atomic mass is 9.88. The van der Waals surface area contributed by atoms with Crippen molar-refractivity contribution in [2.24, 2.45) is 0 Å². The highest BCUT2D eigenvalue weighted by Gasteiger charge is 2.53. The first-order valence-corrected chi connectivity index (χ1v) is 10.9. The molecule has 6 heteroatoms. The van der Waals surface area contributed by atoms with Gasteiger partial charge < -0.3 is 9.64 Å². The third kappa shape index (κ3) is 3.52. The van der Waals surface area contributed by atoms with Gasteiger partial charge in [0, 0.05) is 24.5 Å². The summed E-state index contributed by atoms with van der Waals surface area (Å²) in [7, 11) is 0. The van der Waals surface area contributed by atoms with Crippen molar-refractivity contribution >= 4 is 11.8 Å². The molecule has 2 heterocycles. The summed E-state index contributed by atoms with van der Waals surface area (Å²) in [6.07, 6.45) is 2.05. The fourth-order valence-corrected chi connectivity index (χ4v) is 6.47. The van der Waals surface area contributed by atoms with E-state index in [2.05, 4.69) is 40.1 Å². The molecule has 2 saturated heterocycles. The summed E-state index contributed by atoms with van der Waals surface area (Å²) < 4.78 is 41.8. The zero-order valence-electron chi connectivity index (χ0n) is 15.9. The van der Waals surface area contributed by atoms with Gasteiger partial charge in [-0.3, -0.25) is 0 Å². The average molecular weight is 417 g/mol. The molecule has 2 fully saturated rings. The monoisotopic (exact) mass is 417 g/mol. The average Bonchev–Trinajstić information content (AvgIpc) is 3.25. The summed E-state index contributed by atoms with van der Waals surface area (Å²) in [5, 5.41) is 0.167. The fourth-order valence-electron chi connectivity index (χ4n) is 4.80. The van der Waals surface area contributed by atoms with Crippen molar-refractivity contribution in [3.63, 3.8) is 0 Å². The number of likely N-dealkylation sites (tertiary alicyclic amines) is 1. The summed E-state index contributed by atoms with van der Waals surface area (Å²) in [6, 6.07) is 15.0. The number of alkyl halides is 3. The number of rotatable bonds is 3. The van der Waals surface area contributed by atoms with Crippen LogP contribution in [-0.4, -0.2) is 24.4 Å². The molecule has 0 saturated carbocycles. The Bertz CT molecular complexity index is 943. The second kappa shape index (κ2) is 7.01. The SMILES string of the molecule is FC(F)(F)Oc1cccc(C2CC3(S2)/C(=C/N2CCCC2)Cc2ccccc23)c1. The van der Waals surface area contributed by atoms with E-state index in [9.17, 15) is 13.2 Å². The lowest BCUT2D eigenvalue weighted by Crippen LogP contribution is -2.34. The van der Waals surface area contributed by atoms with E-state index < -0.39 is 6.36 Å². The van der Waals surface area contributed by atoms with Crippen LogP contribution in [0.3, 0.4) is 0 Å². The molecule has 1 aliphatic carbocycles. The predicted molar refractivity (Wildman–Crippen MR) is 109 cm³/mol. The van der Waals surface area contributed by atoms with Gasteiger partial charge in [0.2, 0.25) is 0 Å². The van der Waals surface area contributed by atoms with Crippen molar-refractivity contribution in [1.82, 2.24) is 4.90 Å². The molecule has 2 aromatic carbocycles. The van der Waals surface area contributed by atoms with Crippen LogP contribution in [0.5, 0.6) is 5.75 Å². The van der Waals surface area contributed by atoms with E-state index in [4.69, 9.17) is 0 Å². The Balaban J connectivity index is 1.42. The minimum atomic E-state index is -4.66. The number of ether oxygens (including phenoxy) is 1. The van der Waals surface area contributed by atoms with Gasteiger partial charge in [0.25, 0.3) is 0 Å². The largest absolute Gasteiger partial charge is 0.573 e. The minimum Gasteiger partial charge on any atom is -0.406 e. The van der Waals surface area contributed by atoms with Crippen LogP contribution in [0.15, 0.2) is 60.3 Å². The van der Waals surface area contributed by atoms with Crippen molar-refractivity contribution in [3.05, 3.63) is 77.0 Å². The summed E-state index contributed by atoms with van der Waals surface area (Å²) >= 11 is 1.87. The van der Waals surface area contributed by atoms with Crippen molar-refractivity contribution in [2.75, 3.05) is 13.1 Å². The highest BCUT2D eigenvalue weighted by molar-refractivity contribution is 8.02. The maximum absolute atomic E-state index is 12.6. The molecule has 0 aromatic heterocycles. The van der Waals surface area contributed by atoms with Crippen LogP contribution in [0.4, 0.5) is 13.2 Å². The molecule has 0 N–H and O–H groups in total. The van der Waals surface area contributed by atoms with Gasteiger partial charge in [0.15, 0.2) is 0 Å². The molecule has 2 unspecified atom stereocenters. The molecule has 2 aromatic rings. The summed E-state index contributed by atoms with van der Waals surface area (Å²) in [6.45, 7) is 2.22. The summed E-state index contributed by atoms with van der Waals surface area (Å²) in [5.74, 6) is -0.142. The first kappa shape index (κ1) is 18.9. The molecule has 29 heavy (non-hydrogen) atoms. The van der Waals surface area contributed by atoms with Crippen LogP contribution in [-0.2, 0) is 11.2 Å². The molecule has 2 aliphatic heterocycles. The van der Waals surface area contributed by atoms with Gasteiger partial charge in [0.1, 0.15) is 5.75 Å². The number of thioether (sulfide) groups is 1. The number of benzene rings is 2. The highest BCUT2D eigenvalue weighted by Crippen LogP contribution is 2.68. The number of fused-ring (bicyclic) bond motifs is 2. The topological polar surface area (TPSA) is 12.5 Å². The van der Waals surface area contributed by atoms with Crippen LogP contribution in [0.25, 0.3) is 0 Å². The first-order chi connectivity index (χ1) is 13.9. The summed E-state index contributed by atoms with van der Waals surface area (Å²) in [4.78, 5) is 2.43. The summed E-state index contributed by atoms with van der Waals surface area (Å²) in [5.41, 5.74) is 5.07. The molecule has 152 valence electrons. The molecule has 2 atom stereocenters. The highest BCUT2D eigenvalue weighted by atomic mass is 32.2. The molecule has 3 aliphatic rings. The molecule has 0 radical (unpaired) electrons. The Hall–Kier alpha value is -2.08. The lowest BCUT2D eigenvalue weighted by Gasteiger charge is -2.47. The van der Waals surface area contributed by atoms with E-state index in [0.717, 1.165) is 31.5 Å².